The van der Waals surface area contributed by atoms with E-state index in [-0.39, 0.29) is 31.4 Å². The summed E-state index contributed by atoms with van der Waals surface area (Å²) in [5, 5.41) is 3.94. The van der Waals surface area contributed by atoms with Crippen LogP contribution in [0, 0.1) is 0 Å². The molecule has 0 saturated carbocycles. The number of sulfonamides is 1. The summed E-state index contributed by atoms with van der Waals surface area (Å²) in [6.45, 7) is -0.125. The largest absolute Gasteiger partial charge is 0.497 e. The van der Waals surface area contributed by atoms with E-state index in [9.17, 15) is 13.2 Å². The Labute approximate surface area is 181 Å². The molecule has 9 nitrogen and oxygen atoms in total. The van der Waals surface area contributed by atoms with Crippen LogP contribution in [0.3, 0.4) is 0 Å². The first-order chi connectivity index (χ1) is 14.8. The molecule has 1 heterocycles. The fourth-order valence-electron chi connectivity index (χ4n) is 2.84. The van der Waals surface area contributed by atoms with Crippen molar-refractivity contribution >= 4 is 15.9 Å². The summed E-state index contributed by atoms with van der Waals surface area (Å²) in [4.78, 5) is 18.3. The molecule has 31 heavy (non-hydrogen) atoms. The molecule has 0 aliphatic heterocycles. The molecule has 2 aromatic carbocycles. The summed E-state index contributed by atoms with van der Waals surface area (Å²) in [7, 11) is -0.456. The first-order valence-corrected chi connectivity index (χ1v) is 11.3. The van der Waals surface area contributed by atoms with Gasteiger partial charge < -0.3 is 14.2 Å². The standard InChI is InChI=1S/C21H24N4O5S/c1-24(14-19-22-21(23-30-19)17-10-7-11-18(12-17)29-2)20(26)15-25(31(3,27)28)13-16-8-5-4-6-9-16/h4-12H,13-15H2,1-3H3. The van der Waals surface area contributed by atoms with Crippen molar-refractivity contribution in [3.05, 3.63) is 66.1 Å². The van der Waals surface area contributed by atoms with Crippen LogP contribution in [0.25, 0.3) is 11.4 Å². The van der Waals surface area contributed by atoms with E-state index >= 15 is 0 Å². The van der Waals surface area contributed by atoms with E-state index in [0.29, 0.717) is 11.6 Å². The number of hydrogen-bond donors (Lipinski definition) is 0. The Bertz CT molecular complexity index is 1130. The fourth-order valence-corrected chi connectivity index (χ4v) is 3.57. The minimum atomic E-state index is -3.58. The minimum absolute atomic E-state index is 0.0543. The Balaban J connectivity index is 1.66. The molecule has 0 radical (unpaired) electrons. The number of aromatic nitrogens is 2. The Hall–Kier alpha value is -3.24. The average Bonchev–Trinajstić information content (AvgIpc) is 3.22. The number of likely N-dealkylation sites (N-methyl/N-ethyl adjacent to an activating group) is 1. The van der Waals surface area contributed by atoms with Gasteiger partial charge in [-0.25, -0.2) is 8.42 Å². The van der Waals surface area contributed by atoms with Gasteiger partial charge in [-0.1, -0.05) is 47.6 Å². The SMILES string of the molecule is COc1cccc(-c2noc(CN(C)C(=O)CN(Cc3ccccc3)S(C)(=O)=O)n2)c1. The zero-order valence-corrected chi connectivity index (χ0v) is 18.4. The molecule has 1 amide bonds. The summed E-state index contributed by atoms with van der Waals surface area (Å²) in [5.74, 6) is 0.886. The molecule has 0 aliphatic carbocycles. The molecule has 0 fully saturated rings. The number of carbonyl (C=O) groups is 1. The average molecular weight is 445 g/mol. The van der Waals surface area contributed by atoms with Crippen LogP contribution in [0.4, 0.5) is 0 Å². The first kappa shape index (κ1) is 22.4. The second-order valence-electron chi connectivity index (χ2n) is 7.01. The van der Waals surface area contributed by atoms with Crippen LogP contribution in [-0.2, 0) is 27.9 Å². The van der Waals surface area contributed by atoms with Gasteiger partial charge in [0.25, 0.3) is 0 Å². The molecule has 0 aliphatic rings. The van der Waals surface area contributed by atoms with Crippen LogP contribution >= 0.6 is 0 Å². The van der Waals surface area contributed by atoms with Crippen molar-refractivity contribution in [1.82, 2.24) is 19.3 Å². The Morgan fingerprint density at radius 1 is 1.10 bits per heavy atom. The zero-order chi connectivity index (χ0) is 22.4. The lowest BCUT2D eigenvalue weighted by Crippen LogP contribution is -2.40. The van der Waals surface area contributed by atoms with E-state index in [1.807, 2.05) is 42.5 Å². The third kappa shape index (κ3) is 6.12. The van der Waals surface area contributed by atoms with Crippen LogP contribution in [-0.4, -0.2) is 60.6 Å². The lowest BCUT2D eigenvalue weighted by molar-refractivity contribution is -0.131. The summed E-state index contributed by atoms with van der Waals surface area (Å²) in [5.41, 5.74) is 1.51. The summed E-state index contributed by atoms with van der Waals surface area (Å²) >= 11 is 0. The van der Waals surface area contributed by atoms with Crippen molar-refractivity contribution in [1.29, 1.82) is 0 Å². The number of rotatable bonds is 9. The summed E-state index contributed by atoms with van der Waals surface area (Å²) < 4.78 is 35.9. The zero-order valence-electron chi connectivity index (χ0n) is 17.6. The van der Waals surface area contributed by atoms with Gasteiger partial charge in [0.15, 0.2) is 0 Å². The highest BCUT2D eigenvalue weighted by Gasteiger charge is 2.23. The highest BCUT2D eigenvalue weighted by atomic mass is 32.2. The van der Waals surface area contributed by atoms with Crippen molar-refractivity contribution in [3.8, 4) is 17.1 Å². The van der Waals surface area contributed by atoms with E-state index in [2.05, 4.69) is 10.1 Å². The van der Waals surface area contributed by atoms with Crippen molar-refractivity contribution in [2.24, 2.45) is 0 Å². The monoisotopic (exact) mass is 444 g/mol. The number of carbonyl (C=O) groups excluding carboxylic acids is 1. The second-order valence-corrected chi connectivity index (χ2v) is 8.99. The molecule has 0 bridgehead atoms. The van der Waals surface area contributed by atoms with Crippen LogP contribution in [0.1, 0.15) is 11.5 Å². The maximum atomic E-state index is 12.7. The summed E-state index contributed by atoms with van der Waals surface area (Å²) in [6, 6.07) is 16.3. The number of methoxy groups -OCH3 is 1. The number of amides is 1. The van der Waals surface area contributed by atoms with Crippen molar-refractivity contribution < 1.29 is 22.5 Å². The van der Waals surface area contributed by atoms with Gasteiger partial charge in [0.2, 0.25) is 27.6 Å². The molecule has 164 valence electrons. The van der Waals surface area contributed by atoms with Gasteiger partial charge in [0, 0.05) is 19.2 Å². The molecular formula is C21H24N4O5S. The maximum absolute atomic E-state index is 12.7. The Morgan fingerprint density at radius 2 is 1.84 bits per heavy atom. The van der Waals surface area contributed by atoms with Gasteiger partial charge in [0.1, 0.15) is 5.75 Å². The molecule has 1 aromatic heterocycles. The van der Waals surface area contributed by atoms with Crippen molar-refractivity contribution in [3.63, 3.8) is 0 Å². The van der Waals surface area contributed by atoms with Crippen LogP contribution in [0.5, 0.6) is 5.75 Å². The van der Waals surface area contributed by atoms with E-state index in [1.165, 1.54) is 4.90 Å². The number of hydrogen-bond acceptors (Lipinski definition) is 7. The normalized spacial score (nSPS) is 11.5. The highest BCUT2D eigenvalue weighted by Crippen LogP contribution is 2.21. The fraction of sp³-hybridized carbons (Fsp3) is 0.286. The third-order valence-electron chi connectivity index (χ3n) is 4.58. The molecule has 0 unspecified atom stereocenters. The quantitative estimate of drug-likeness (QED) is 0.498. The predicted octanol–water partition coefficient (Wildman–Crippen LogP) is 2.17. The van der Waals surface area contributed by atoms with Crippen molar-refractivity contribution in [2.75, 3.05) is 27.0 Å². The molecule has 10 heteroatoms. The number of nitrogens with zero attached hydrogens (tertiary/aromatic N) is 4. The van der Waals surface area contributed by atoms with Gasteiger partial charge >= 0.3 is 0 Å². The van der Waals surface area contributed by atoms with E-state index in [1.54, 1.807) is 26.3 Å². The molecule has 0 N–H and O–H groups in total. The molecular weight excluding hydrogens is 420 g/mol. The lowest BCUT2D eigenvalue weighted by atomic mass is 10.2. The second kappa shape index (κ2) is 9.71. The molecule has 3 aromatic rings. The Morgan fingerprint density at radius 3 is 2.52 bits per heavy atom. The van der Waals surface area contributed by atoms with E-state index < -0.39 is 10.0 Å². The van der Waals surface area contributed by atoms with Gasteiger partial charge in [-0.3, -0.25) is 4.79 Å². The van der Waals surface area contributed by atoms with Gasteiger partial charge in [-0.2, -0.15) is 9.29 Å². The smallest absolute Gasteiger partial charge is 0.246 e. The predicted molar refractivity (Wildman–Crippen MR) is 114 cm³/mol. The third-order valence-corrected chi connectivity index (χ3v) is 5.77. The number of benzene rings is 2. The lowest BCUT2D eigenvalue weighted by Gasteiger charge is -2.22. The summed E-state index contributed by atoms with van der Waals surface area (Å²) in [6.07, 6.45) is 1.08. The highest BCUT2D eigenvalue weighted by molar-refractivity contribution is 7.88. The van der Waals surface area contributed by atoms with Crippen molar-refractivity contribution in [2.45, 2.75) is 13.1 Å². The van der Waals surface area contributed by atoms with E-state index in [4.69, 9.17) is 9.26 Å². The topological polar surface area (TPSA) is 106 Å². The van der Waals surface area contributed by atoms with Gasteiger partial charge in [-0.15, -0.1) is 0 Å². The van der Waals surface area contributed by atoms with E-state index in [0.717, 1.165) is 21.7 Å². The molecule has 3 rings (SSSR count). The molecule has 0 atom stereocenters. The van der Waals surface area contributed by atoms with Gasteiger partial charge in [-0.05, 0) is 17.7 Å². The minimum Gasteiger partial charge on any atom is -0.497 e. The maximum Gasteiger partial charge on any atom is 0.246 e. The van der Waals surface area contributed by atoms with Crippen LogP contribution < -0.4 is 4.74 Å². The molecule has 0 saturated heterocycles. The molecule has 0 spiro atoms. The van der Waals surface area contributed by atoms with Gasteiger partial charge in [0.05, 0.1) is 26.5 Å². The van der Waals surface area contributed by atoms with Crippen LogP contribution in [0.2, 0.25) is 0 Å². The van der Waals surface area contributed by atoms with Crippen LogP contribution in [0.15, 0.2) is 59.1 Å². The Kier molecular flexibility index (Phi) is 7.03. The number of ether oxygens (including phenoxy) is 1. The first-order valence-electron chi connectivity index (χ1n) is 9.46.